The number of nitrogens with zero attached hydrogens (tertiary/aromatic N) is 4. The summed E-state index contributed by atoms with van der Waals surface area (Å²) in [5, 5.41) is 16.8. The molecule has 1 aromatic heterocycles. The fraction of sp³-hybridized carbons (Fsp3) is 0.421. The highest BCUT2D eigenvalue weighted by Gasteiger charge is 2.29. The van der Waals surface area contributed by atoms with Crippen LogP contribution in [0.5, 0.6) is 0 Å². The monoisotopic (exact) mass is 337 g/mol. The molecule has 1 saturated heterocycles. The molecular weight excluding hydrogens is 314 g/mol. The summed E-state index contributed by atoms with van der Waals surface area (Å²) in [6, 6.07) is 9.11. The van der Waals surface area contributed by atoms with Crippen LogP contribution in [0.4, 0.5) is 5.69 Å². The van der Waals surface area contributed by atoms with Crippen LogP contribution >= 0.6 is 0 Å². The van der Waals surface area contributed by atoms with Crippen LogP contribution in [-0.2, 0) is 24.8 Å². The summed E-state index contributed by atoms with van der Waals surface area (Å²) in [5.74, 6) is 0.0953. The number of hydrogen-bond donors (Lipinski definition) is 1. The van der Waals surface area contributed by atoms with E-state index in [0.29, 0.717) is 12.1 Å². The van der Waals surface area contributed by atoms with E-state index >= 15 is 0 Å². The van der Waals surface area contributed by atoms with Gasteiger partial charge >= 0.3 is 0 Å². The Labute approximate surface area is 148 Å². The summed E-state index contributed by atoms with van der Waals surface area (Å²) in [5.41, 5.74) is 3.67. The van der Waals surface area contributed by atoms with Crippen LogP contribution in [0.15, 0.2) is 30.5 Å². The van der Waals surface area contributed by atoms with E-state index in [4.69, 9.17) is 5.26 Å². The Hall–Kier alpha value is -2.65. The largest absolute Gasteiger partial charge is 0.311 e. The van der Waals surface area contributed by atoms with Crippen molar-refractivity contribution in [3.63, 3.8) is 0 Å². The lowest BCUT2D eigenvalue weighted by molar-refractivity contribution is -0.121. The molecule has 1 unspecified atom stereocenters. The molecule has 130 valence electrons. The average molecular weight is 337 g/mol. The molecule has 0 saturated carbocycles. The highest BCUT2D eigenvalue weighted by atomic mass is 16.2. The van der Waals surface area contributed by atoms with Gasteiger partial charge in [-0.2, -0.15) is 10.4 Å². The molecule has 2 aromatic rings. The van der Waals surface area contributed by atoms with Gasteiger partial charge in [-0.3, -0.25) is 9.48 Å². The Balaban J connectivity index is 1.68. The van der Waals surface area contributed by atoms with Crippen molar-refractivity contribution in [3.05, 3.63) is 47.3 Å². The molecule has 2 heterocycles. The van der Waals surface area contributed by atoms with Crippen molar-refractivity contribution < 1.29 is 4.79 Å². The Kier molecular flexibility index (Phi) is 5.15. The minimum atomic E-state index is -0.186. The van der Waals surface area contributed by atoms with Crippen LogP contribution in [-0.4, -0.2) is 28.3 Å². The van der Waals surface area contributed by atoms with Gasteiger partial charge in [-0.1, -0.05) is 6.92 Å². The van der Waals surface area contributed by atoms with Gasteiger partial charge in [-0.05, 0) is 43.5 Å². The van der Waals surface area contributed by atoms with Gasteiger partial charge in [-0.25, -0.2) is 0 Å². The molecule has 1 fully saturated rings. The molecular formula is C19H23N5O. The quantitative estimate of drug-likeness (QED) is 0.907. The van der Waals surface area contributed by atoms with Crippen LogP contribution in [0, 0.1) is 11.3 Å². The molecule has 1 aliphatic heterocycles. The first-order valence-corrected chi connectivity index (χ1v) is 8.68. The predicted octanol–water partition coefficient (Wildman–Crippen LogP) is 2.14. The first-order chi connectivity index (χ1) is 12.1. The van der Waals surface area contributed by atoms with Crippen LogP contribution in [0.3, 0.4) is 0 Å². The Morgan fingerprint density at radius 3 is 2.80 bits per heavy atom. The number of nitriles is 1. The van der Waals surface area contributed by atoms with Gasteiger partial charge < -0.3 is 10.2 Å². The van der Waals surface area contributed by atoms with Crippen LogP contribution < -0.4 is 10.2 Å². The maximum Gasteiger partial charge on any atom is 0.244 e. The molecule has 1 aromatic carbocycles. The zero-order chi connectivity index (χ0) is 17.8. The number of carbonyl (C=O) groups excluding carboxylic acids is 1. The molecule has 0 radical (unpaired) electrons. The Morgan fingerprint density at radius 2 is 2.12 bits per heavy atom. The molecule has 6 heteroatoms. The molecule has 1 amide bonds. The molecule has 1 N–H and O–H groups in total. The third kappa shape index (κ3) is 3.72. The highest BCUT2D eigenvalue weighted by molar-refractivity contribution is 5.97. The van der Waals surface area contributed by atoms with Crippen molar-refractivity contribution in [2.75, 3.05) is 11.4 Å². The number of anilines is 1. The van der Waals surface area contributed by atoms with E-state index in [0.717, 1.165) is 42.8 Å². The number of aryl methyl sites for hydroxylation is 2. The number of benzene rings is 1. The third-order valence-corrected chi connectivity index (χ3v) is 4.61. The second-order valence-corrected chi connectivity index (χ2v) is 6.35. The van der Waals surface area contributed by atoms with Crippen LogP contribution in [0.25, 0.3) is 0 Å². The molecule has 3 rings (SSSR count). The third-order valence-electron chi connectivity index (χ3n) is 4.61. The first-order valence-electron chi connectivity index (χ1n) is 8.68. The summed E-state index contributed by atoms with van der Waals surface area (Å²) in [6.45, 7) is 3.45. The minimum Gasteiger partial charge on any atom is -0.311 e. The minimum absolute atomic E-state index is 0.0953. The molecule has 1 aliphatic rings. The molecule has 0 spiro atoms. The SMILES string of the molecule is CCc1nn(C)cc1CNC1CCCN(c2ccc(C#N)cc2)C1=O. The van der Waals surface area contributed by atoms with Crippen molar-refractivity contribution in [2.45, 2.75) is 38.8 Å². The second kappa shape index (κ2) is 7.49. The topological polar surface area (TPSA) is 74.0 Å². The average Bonchev–Trinajstić information content (AvgIpc) is 3.01. The van der Waals surface area contributed by atoms with Gasteiger partial charge in [0.1, 0.15) is 0 Å². The zero-order valence-electron chi connectivity index (χ0n) is 14.7. The zero-order valence-corrected chi connectivity index (χ0v) is 14.7. The molecule has 0 aliphatic carbocycles. The van der Waals surface area contributed by atoms with Crippen molar-refractivity contribution in [1.29, 1.82) is 5.26 Å². The van der Waals surface area contributed by atoms with E-state index in [1.165, 1.54) is 0 Å². The number of carbonyl (C=O) groups is 1. The number of amides is 1. The van der Waals surface area contributed by atoms with Crippen molar-refractivity contribution >= 4 is 11.6 Å². The summed E-state index contributed by atoms with van der Waals surface area (Å²) in [6.07, 6.45) is 4.69. The lowest BCUT2D eigenvalue weighted by Crippen LogP contribution is -2.50. The van der Waals surface area contributed by atoms with E-state index in [1.807, 2.05) is 35.0 Å². The van der Waals surface area contributed by atoms with Gasteiger partial charge in [0, 0.05) is 37.6 Å². The highest BCUT2D eigenvalue weighted by Crippen LogP contribution is 2.22. The Morgan fingerprint density at radius 1 is 1.36 bits per heavy atom. The van der Waals surface area contributed by atoms with E-state index < -0.39 is 0 Å². The van der Waals surface area contributed by atoms with Gasteiger partial charge in [0.15, 0.2) is 0 Å². The van der Waals surface area contributed by atoms with E-state index in [9.17, 15) is 4.79 Å². The van der Waals surface area contributed by atoms with Crippen LogP contribution in [0.1, 0.15) is 36.6 Å². The normalized spacial score (nSPS) is 17.6. The molecule has 1 atom stereocenters. The van der Waals surface area contributed by atoms with Crippen molar-refractivity contribution in [1.82, 2.24) is 15.1 Å². The lowest BCUT2D eigenvalue weighted by Gasteiger charge is -2.32. The number of hydrogen-bond acceptors (Lipinski definition) is 4. The van der Waals surface area contributed by atoms with Gasteiger partial charge in [0.25, 0.3) is 0 Å². The molecule has 6 nitrogen and oxygen atoms in total. The maximum absolute atomic E-state index is 12.8. The van der Waals surface area contributed by atoms with Gasteiger partial charge in [0.2, 0.25) is 5.91 Å². The number of rotatable bonds is 5. The summed E-state index contributed by atoms with van der Waals surface area (Å²) in [4.78, 5) is 14.7. The number of piperidine rings is 1. The van der Waals surface area contributed by atoms with E-state index in [-0.39, 0.29) is 11.9 Å². The fourth-order valence-electron chi connectivity index (χ4n) is 3.30. The van der Waals surface area contributed by atoms with Gasteiger partial charge in [-0.15, -0.1) is 0 Å². The summed E-state index contributed by atoms with van der Waals surface area (Å²) < 4.78 is 1.82. The van der Waals surface area contributed by atoms with Crippen LogP contribution in [0.2, 0.25) is 0 Å². The molecule has 25 heavy (non-hydrogen) atoms. The number of aromatic nitrogens is 2. The van der Waals surface area contributed by atoms with E-state index in [1.54, 1.807) is 12.1 Å². The smallest absolute Gasteiger partial charge is 0.244 e. The van der Waals surface area contributed by atoms with Crippen molar-refractivity contribution in [3.8, 4) is 6.07 Å². The maximum atomic E-state index is 12.8. The fourth-order valence-corrected chi connectivity index (χ4v) is 3.30. The van der Waals surface area contributed by atoms with E-state index in [2.05, 4.69) is 23.4 Å². The first kappa shape index (κ1) is 17.2. The lowest BCUT2D eigenvalue weighted by atomic mass is 10.0. The summed E-state index contributed by atoms with van der Waals surface area (Å²) >= 11 is 0. The summed E-state index contributed by atoms with van der Waals surface area (Å²) in [7, 11) is 1.92. The van der Waals surface area contributed by atoms with Gasteiger partial charge in [0.05, 0.1) is 23.4 Å². The predicted molar refractivity (Wildman–Crippen MR) is 96.0 cm³/mol. The Bertz CT molecular complexity index is 787. The number of nitrogens with one attached hydrogen (secondary N) is 1. The van der Waals surface area contributed by atoms with Crippen molar-refractivity contribution in [2.24, 2.45) is 7.05 Å². The standard InChI is InChI=1S/C19H23N5O/c1-3-17-15(13-23(2)22-17)12-21-18-5-4-10-24(19(18)25)16-8-6-14(11-20)7-9-16/h6-9,13,18,21H,3-5,10,12H2,1-2H3. The second-order valence-electron chi connectivity index (χ2n) is 6.35. The molecule has 0 bridgehead atoms.